The molecule has 5 heteroatoms. The maximum atomic E-state index is 5.32. The van der Waals surface area contributed by atoms with E-state index < -0.39 is 0 Å². The highest BCUT2D eigenvalue weighted by Crippen LogP contribution is 2.39. The Bertz CT molecular complexity index is 299. The molecule has 0 N–H and O–H groups in total. The molecular weight excluding hydrogens is 212 g/mol. The predicted octanol–water partition coefficient (Wildman–Crippen LogP) is 2.14. The van der Waals surface area contributed by atoms with Gasteiger partial charge in [0.05, 0.1) is 11.9 Å². The van der Waals surface area contributed by atoms with Crippen LogP contribution in [0.1, 0.15) is 42.1 Å². The third kappa shape index (κ3) is 1.90. The molecule has 0 bridgehead atoms. The van der Waals surface area contributed by atoms with E-state index in [4.69, 9.17) is 9.26 Å². The molecule has 3 rings (SSSR count). The van der Waals surface area contributed by atoms with Crippen LogP contribution >= 0.6 is 11.8 Å². The van der Waals surface area contributed by atoms with Crippen LogP contribution in [0.4, 0.5) is 0 Å². The molecule has 0 radical (unpaired) electrons. The number of rotatable bonds is 2. The van der Waals surface area contributed by atoms with Crippen LogP contribution in [0.3, 0.4) is 0 Å². The van der Waals surface area contributed by atoms with Crippen LogP contribution in [0.15, 0.2) is 4.52 Å². The highest BCUT2D eigenvalue weighted by Gasteiger charge is 2.27. The van der Waals surface area contributed by atoms with Crippen LogP contribution in [0, 0.1) is 0 Å². The second-order valence-corrected chi connectivity index (χ2v) is 5.36. The molecule has 0 amide bonds. The molecule has 0 saturated carbocycles. The monoisotopic (exact) mass is 226 g/mol. The van der Waals surface area contributed by atoms with E-state index in [2.05, 4.69) is 10.1 Å². The Hall–Kier alpha value is -0.550. The SMILES string of the molecule is C1CS[C@H](c2nc([C@H]3CCOC3)no2)C1. The lowest BCUT2D eigenvalue weighted by molar-refractivity contribution is 0.192. The maximum absolute atomic E-state index is 5.32. The first kappa shape index (κ1) is 9.66. The summed E-state index contributed by atoms with van der Waals surface area (Å²) in [7, 11) is 0. The van der Waals surface area contributed by atoms with Crippen molar-refractivity contribution in [1.82, 2.24) is 10.1 Å². The van der Waals surface area contributed by atoms with Gasteiger partial charge in [0.2, 0.25) is 5.89 Å². The first-order chi connectivity index (χ1) is 7.43. The van der Waals surface area contributed by atoms with E-state index in [1.165, 1.54) is 18.6 Å². The average molecular weight is 226 g/mol. The van der Waals surface area contributed by atoms with Crippen LogP contribution in [0.5, 0.6) is 0 Å². The molecule has 0 aliphatic carbocycles. The highest BCUT2D eigenvalue weighted by atomic mass is 32.2. The number of hydrogen-bond acceptors (Lipinski definition) is 5. The average Bonchev–Trinajstić information content (AvgIpc) is 3.02. The van der Waals surface area contributed by atoms with Crippen molar-refractivity contribution in [2.45, 2.75) is 30.4 Å². The fourth-order valence-electron chi connectivity index (χ4n) is 2.05. The third-order valence-electron chi connectivity index (χ3n) is 2.96. The van der Waals surface area contributed by atoms with E-state index in [0.717, 1.165) is 31.3 Å². The number of nitrogens with zero attached hydrogens (tertiary/aromatic N) is 2. The summed E-state index contributed by atoms with van der Waals surface area (Å²) in [6, 6.07) is 0. The Morgan fingerprint density at radius 2 is 2.33 bits per heavy atom. The van der Waals surface area contributed by atoms with Crippen molar-refractivity contribution in [3.05, 3.63) is 11.7 Å². The fraction of sp³-hybridized carbons (Fsp3) is 0.800. The van der Waals surface area contributed by atoms with Crippen molar-refractivity contribution in [2.75, 3.05) is 19.0 Å². The first-order valence-electron chi connectivity index (χ1n) is 5.46. The zero-order chi connectivity index (χ0) is 10.1. The second-order valence-electron chi connectivity index (χ2n) is 4.05. The Balaban J connectivity index is 1.74. The maximum Gasteiger partial charge on any atom is 0.239 e. The molecule has 0 unspecified atom stereocenters. The summed E-state index contributed by atoms with van der Waals surface area (Å²) < 4.78 is 10.6. The normalized spacial score (nSPS) is 31.2. The van der Waals surface area contributed by atoms with E-state index in [9.17, 15) is 0 Å². The van der Waals surface area contributed by atoms with Gasteiger partial charge in [-0.25, -0.2) is 0 Å². The molecule has 1 aromatic rings. The van der Waals surface area contributed by atoms with Crippen LogP contribution in [-0.4, -0.2) is 29.1 Å². The number of hydrogen-bond donors (Lipinski definition) is 0. The van der Waals surface area contributed by atoms with Gasteiger partial charge in [-0.3, -0.25) is 0 Å². The fourth-order valence-corrected chi connectivity index (χ4v) is 3.24. The molecule has 0 spiro atoms. The van der Waals surface area contributed by atoms with E-state index in [-0.39, 0.29) is 0 Å². The quantitative estimate of drug-likeness (QED) is 0.773. The van der Waals surface area contributed by atoms with Crippen LogP contribution in [0.2, 0.25) is 0 Å². The number of ether oxygens (including phenoxy) is 1. The lowest BCUT2D eigenvalue weighted by Gasteiger charge is -2.00. The Morgan fingerprint density at radius 1 is 1.33 bits per heavy atom. The summed E-state index contributed by atoms with van der Waals surface area (Å²) in [5.41, 5.74) is 0. The van der Waals surface area contributed by atoms with Crippen molar-refractivity contribution in [3.63, 3.8) is 0 Å². The third-order valence-corrected chi connectivity index (χ3v) is 4.32. The first-order valence-corrected chi connectivity index (χ1v) is 6.51. The van der Waals surface area contributed by atoms with Gasteiger partial charge in [0.1, 0.15) is 0 Å². The largest absolute Gasteiger partial charge is 0.381 e. The van der Waals surface area contributed by atoms with Gasteiger partial charge in [0.15, 0.2) is 5.82 Å². The molecule has 4 nitrogen and oxygen atoms in total. The standard InChI is InChI=1S/C10H14N2O2S/c1-2-8(15-5-1)10-11-9(12-14-10)7-3-4-13-6-7/h7-8H,1-6H2/t7-,8-/m0/s1. The van der Waals surface area contributed by atoms with Gasteiger partial charge in [-0.05, 0) is 25.0 Å². The van der Waals surface area contributed by atoms with Gasteiger partial charge in [0, 0.05) is 12.5 Å². The molecule has 2 fully saturated rings. The predicted molar refractivity (Wildman–Crippen MR) is 56.9 cm³/mol. The van der Waals surface area contributed by atoms with E-state index in [1.54, 1.807) is 0 Å². The topological polar surface area (TPSA) is 48.2 Å². The molecule has 1 aromatic heterocycles. The zero-order valence-corrected chi connectivity index (χ0v) is 9.33. The molecule has 0 aromatic carbocycles. The van der Waals surface area contributed by atoms with Crippen molar-refractivity contribution in [2.24, 2.45) is 0 Å². The van der Waals surface area contributed by atoms with E-state index in [0.29, 0.717) is 11.2 Å². The van der Waals surface area contributed by atoms with Gasteiger partial charge in [-0.15, -0.1) is 11.8 Å². The molecule has 3 heterocycles. The second kappa shape index (κ2) is 4.14. The summed E-state index contributed by atoms with van der Waals surface area (Å²) in [6.07, 6.45) is 3.46. The van der Waals surface area contributed by atoms with Crippen molar-refractivity contribution < 1.29 is 9.26 Å². The van der Waals surface area contributed by atoms with Crippen LogP contribution in [-0.2, 0) is 4.74 Å². The minimum Gasteiger partial charge on any atom is -0.381 e. The van der Waals surface area contributed by atoms with Crippen LogP contribution < -0.4 is 0 Å². The lowest BCUT2D eigenvalue weighted by atomic mass is 10.1. The van der Waals surface area contributed by atoms with Gasteiger partial charge >= 0.3 is 0 Å². The molecule has 2 atom stereocenters. The molecule has 15 heavy (non-hydrogen) atoms. The summed E-state index contributed by atoms with van der Waals surface area (Å²) in [5.74, 6) is 3.23. The minimum atomic E-state index is 0.355. The Kier molecular flexibility index (Phi) is 2.66. The van der Waals surface area contributed by atoms with Gasteiger partial charge in [-0.2, -0.15) is 4.98 Å². The van der Waals surface area contributed by atoms with Crippen molar-refractivity contribution in [1.29, 1.82) is 0 Å². The van der Waals surface area contributed by atoms with Gasteiger partial charge in [-0.1, -0.05) is 5.16 Å². The summed E-state index contributed by atoms with van der Waals surface area (Å²) >= 11 is 1.92. The van der Waals surface area contributed by atoms with Crippen LogP contribution in [0.25, 0.3) is 0 Å². The van der Waals surface area contributed by atoms with E-state index >= 15 is 0 Å². The van der Waals surface area contributed by atoms with E-state index in [1.807, 2.05) is 11.8 Å². The van der Waals surface area contributed by atoms with Gasteiger partial charge < -0.3 is 9.26 Å². The summed E-state index contributed by atoms with van der Waals surface area (Å²) in [4.78, 5) is 4.50. The smallest absolute Gasteiger partial charge is 0.239 e. The summed E-state index contributed by atoms with van der Waals surface area (Å²) in [6.45, 7) is 1.57. The number of aromatic nitrogens is 2. The molecule has 2 aliphatic rings. The Morgan fingerprint density at radius 3 is 3.07 bits per heavy atom. The minimum absolute atomic E-state index is 0.355. The van der Waals surface area contributed by atoms with Gasteiger partial charge in [0.25, 0.3) is 0 Å². The molecular formula is C10H14N2O2S. The molecule has 2 saturated heterocycles. The van der Waals surface area contributed by atoms with Crippen molar-refractivity contribution >= 4 is 11.8 Å². The molecule has 2 aliphatic heterocycles. The summed E-state index contributed by atoms with van der Waals surface area (Å²) in [5, 5.41) is 4.50. The highest BCUT2D eigenvalue weighted by molar-refractivity contribution is 7.99. The zero-order valence-electron chi connectivity index (χ0n) is 8.52. The number of thioether (sulfide) groups is 1. The van der Waals surface area contributed by atoms with Crippen molar-refractivity contribution in [3.8, 4) is 0 Å². The lowest BCUT2D eigenvalue weighted by Crippen LogP contribution is -2.00. The molecule has 82 valence electrons. The Labute approximate surface area is 92.8 Å².